The minimum absolute atomic E-state index is 0.107. The number of amides is 1. The van der Waals surface area contributed by atoms with Crippen molar-refractivity contribution in [1.82, 2.24) is 4.90 Å². The predicted molar refractivity (Wildman–Crippen MR) is 76.5 cm³/mol. The Balaban J connectivity index is 2.26. The highest BCUT2D eigenvalue weighted by Gasteiger charge is 2.30. The third kappa shape index (κ3) is 2.91. The molecule has 104 valence electrons. The number of carbonyl (C=O) groups excluding carboxylic acids is 1. The number of benzene rings is 1. The van der Waals surface area contributed by atoms with Gasteiger partial charge in [0.25, 0.3) is 5.91 Å². The van der Waals surface area contributed by atoms with Crippen molar-refractivity contribution in [3.8, 4) is 5.75 Å². The Morgan fingerprint density at radius 2 is 2.05 bits per heavy atom. The molecule has 1 fully saturated rings. The molecule has 0 aliphatic carbocycles. The van der Waals surface area contributed by atoms with Gasteiger partial charge in [0.2, 0.25) is 0 Å². The molecule has 1 aliphatic rings. The lowest BCUT2D eigenvalue weighted by Crippen LogP contribution is -2.46. The summed E-state index contributed by atoms with van der Waals surface area (Å²) in [6.07, 6.45) is 3.43. The average molecular weight is 261 g/mol. The van der Waals surface area contributed by atoms with E-state index in [9.17, 15) is 4.79 Å². The van der Waals surface area contributed by atoms with Crippen molar-refractivity contribution < 1.29 is 9.53 Å². The highest BCUT2D eigenvalue weighted by atomic mass is 16.5. The number of ether oxygens (including phenoxy) is 1. The smallest absolute Gasteiger partial charge is 0.257 e. The summed E-state index contributed by atoms with van der Waals surface area (Å²) in [5, 5.41) is 0. The van der Waals surface area contributed by atoms with E-state index in [0.717, 1.165) is 19.4 Å². The van der Waals surface area contributed by atoms with Crippen LogP contribution in [-0.2, 0) is 0 Å². The standard InChI is InChI=1S/C16H23NO2/c1-12(2)14-9-6-7-11-17(14)16(18)13-8-4-5-10-15(13)19-3/h4-5,8,10,12,14H,6-7,9,11H2,1-3H3. The number of carbonyl (C=O) groups is 1. The lowest BCUT2D eigenvalue weighted by Gasteiger charge is -2.38. The Morgan fingerprint density at radius 1 is 1.32 bits per heavy atom. The van der Waals surface area contributed by atoms with E-state index >= 15 is 0 Å². The van der Waals surface area contributed by atoms with Gasteiger partial charge in [0, 0.05) is 12.6 Å². The van der Waals surface area contributed by atoms with Crippen LogP contribution < -0.4 is 4.74 Å². The minimum atomic E-state index is 0.107. The molecule has 1 heterocycles. The maximum absolute atomic E-state index is 12.7. The molecule has 1 amide bonds. The Labute approximate surface area is 115 Å². The Morgan fingerprint density at radius 3 is 2.74 bits per heavy atom. The van der Waals surface area contributed by atoms with Gasteiger partial charge in [-0.15, -0.1) is 0 Å². The first kappa shape index (κ1) is 13.9. The van der Waals surface area contributed by atoms with E-state index in [1.165, 1.54) is 6.42 Å². The first-order valence-corrected chi connectivity index (χ1v) is 7.09. The van der Waals surface area contributed by atoms with E-state index in [-0.39, 0.29) is 5.91 Å². The second kappa shape index (κ2) is 6.09. The maximum atomic E-state index is 12.7. The summed E-state index contributed by atoms with van der Waals surface area (Å²) in [5.41, 5.74) is 0.678. The first-order chi connectivity index (χ1) is 9.15. The van der Waals surface area contributed by atoms with E-state index in [1.54, 1.807) is 7.11 Å². The van der Waals surface area contributed by atoms with Crippen LogP contribution in [-0.4, -0.2) is 30.5 Å². The van der Waals surface area contributed by atoms with Gasteiger partial charge in [0.05, 0.1) is 12.7 Å². The number of hydrogen-bond donors (Lipinski definition) is 0. The van der Waals surface area contributed by atoms with Crippen molar-refractivity contribution in [2.24, 2.45) is 5.92 Å². The molecule has 1 unspecified atom stereocenters. The minimum Gasteiger partial charge on any atom is -0.496 e. The second-order valence-corrected chi connectivity index (χ2v) is 5.51. The molecule has 0 bridgehead atoms. The van der Waals surface area contributed by atoms with Crippen molar-refractivity contribution in [3.05, 3.63) is 29.8 Å². The topological polar surface area (TPSA) is 29.5 Å². The van der Waals surface area contributed by atoms with E-state index in [4.69, 9.17) is 4.74 Å². The van der Waals surface area contributed by atoms with E-state index in [2.05, 4.69) is 13.8 Å². The van der Waals surface area contributed by atoms with Crippen molar-refractivity contribution in [2.75, 3.05) is 13.7 Å². The molecule has 19 heavy (non-hydrogen) atoms. The number of piperidine rings is 1. The van der Waals surface area contributed by atoms with Gasteiger partial charge in [0.15, 0.2) is 0 Å². The summed E-state index contributed by atoms with van der Waals surface area (Å²) in [7, 11) is 1.61. The zero-order valence-electron chi connectivity index (χ0n) is 12.1. The average Bonchev–Trinajstić information content (AvgIpc) is 2.46. The van der Waals surface area contributed by atoms with Gasteiger partial charge >= 0.3 is 0 Å². The lowest BCUT2D eigenvalue weighted by molar-refractivity contribution is 0.0540. The fourth-order valence-corrected chi connectivity index (χ4v) is 2.88. The van der Waals surface area contributed by atoms with Gasteiger partial charge in [-0.05, 0) is 37.3 Å². The van der Waals surface area contributed by atoms with Crippen molar-refractivity contribution in [3.63, 3.8) is 0 Å². The highest BCUT2D eigenvalue weighted by Crippen LogP contribution is 2.27. The molecule has 0 radical (unpaired) electrons. The van der Waals surface area contributed by atoms with Crippen LogP contribution in [0.1, 0.15) is 43.5 Å². The van der Waals surface area contributed by atoms with Gasteiger partial charge in [-0.3, -0.25) is 4.79 Å². The van der Waals surface area contributed by atoms with Gasteiger partial charge in [-0.1, -0.05) is 26.0 Å². The van der Waals surface area contributed by atoms with E-state index < -0.39 is 0 Å². The van der Waals surface area contributed by atoms with Crippen LogP contribution in [0.5, 0.6) is 5.75 Å². The maximum Gasteiger partial charge on any atom is 0.257 e. The predicted octanol–water partition coefficient (Wildman–Crippen LogP) is 3.35. The van der Waals surface area contributed by atoms with Crippen molar-refractivity contribution >= 4 is 5.91 Å². The highest BCUT2D eigenvalue weighted by molar-refractivity contribution is 5.97. The molecule has 1 atom stereocenters. The fraction of sp³-hybridized carbons (Fsp3) is 0.562. The molecule has 0 spiro atoms. The summed E-state index contributed by atoms with van der Waals surface area (Å²) in [5.74, 6) is 1.27. The summed E-state index contributed by atoms with van der Waals surface area (Å²) in [6.45, 7) is 5.25. The van der Waals surface area contributed by atoms with Crippen LogP contribution in [0, 0.1) is 5.92 Å². The number of nitrogens with zero attached hydrogens (tertiary/aromatic N) is 1. The van der Waals surface area contributed by atoms with Crippen LogP contribution in [0.25, 0.3) is 0 Å². The van der Waals surface area contributed by atoms with Gasteiger partial charge in [-0.2, -0.15) is 0 Å². The summed E-state index contributed by atoms with van der Waals surface area (Å²) < 4.78 is 5.31. The fourth-order valence-electron chi connectivity index (χ4n) is 2.88. The lowest BCUT2D eigenvalue weighted by atomic mass is 9.92. The third-order valence-corrected chi connectivity index (χ3v) is 3.92. The van der Waals surface area contributed by atoms with Gasteiger partial charge in [-0.25, -0.2) is 0 Å². The summed E-state index contributed by atoms with van der Waals surface area (Å²) in [6, 6.07) is 7.84. The summed E-state index contributed by atoms with van der Waals surface area (Å²) >= 11 is 0. The summed E-state index contributed by atoms with van der Waals surface area (Å²) in [4.78, 5) is 14.8. The molecule has 1 saturated heterocycles. The number of para-hydroxylation sites is 1. The van der Waals surface area contributed by atoms with E-state index in [1.807, 2.05) is 29.2 Å². The van der Waals surface area contributed by atoms with Gasteiger partial charge in [0.1, 0.15) is 5.75 Å². The monoisotopic (exact) mass is 261 g/mol. The number of methoxy groups -OCH3 is 1. The zero-order chi connectivity index (χ0) is 13.8. The largest absolute Gasteiger partial charge is 0.496 e. The number of likely N-dealkylation sites (tertiary alicyclic amines) is 1. The zero-order valence-corrected chi connectivity index (χ0v) is 12.1. The molecule has 1 aromatic rings. The van der Waals surface area contributed by atoms with Crippen LogP contribution >= 0.6 is 0 Å². The van der Waals surface area contributed by atoms with Crippen molar-refractivity contribution in [1.29, 1.82) is 0 Å². The van der Waals surface area contributed by atoms with Crippen LogP contribution in [0.15, 0.2) is 24.3 Å². The quantitative estimate of drug-likeness (QED) is 0.835. The molecule has 0 N–H and O–H groups in total. The van der Waals surface area contributed by atoms with Crippen LogP contribution in [0.3, 0.4) is 0 Å². The molecule has 3 heteroatoms. The molecule has 1 aromatic carbocycles. The first-order valence-electron chi connectivity index (χ1n) is 7.09. The Bertz CT molecular complexity index is 442. The SMILES string of the molecule is COc1ccccc1C(=O)N1CCCCC1C(C)C. The van der Waals surface area contributed by atoms with Crippen LogP contribution in [0.2, 0.25) is 0 Å². The Hall–Kier alpha value is -1.51. The molecular weight excluding hydrogens is 238 g/mol. The van der Waals surface area contributed by atoms with E-state index in [0.29, 0.717) is 23.3 Å². The van der Waals surface area contributed by atoms with Crippen molar-refractivity contribution in [2.45, 2.75) is 39.2 Å². The molecule has 0 aromatic heterocycles. The molecule has 1 aliphatic heterocycles. The third-order valence-electron chi connectivity index (χ3n) is 3.92. The molecule has 2 rings (SSSR count). The number of hydrogen-bond acceptors (Lipinski definition) is 2. The second-order valence-electron chi connectivity index (χ2n) is 5.51. The molecule has 3 nitrogen and oxygen atoms in total. The Kier molecular flexibility index (Phi) is 4.46. The van der Waals surface area contributed by atoms with Crippen LogP contribution in [0.4, 0.5) is 0 Å². The van der Waals surface area contributed by atoms with Gasteiger partial charge < -0.3 is 9.64 Å². The molecule has 0 saturated carbocycles. The normalized spacial score (nSPS) is 19.6. The number of rotatable bonds is 3. The molecular formula is C16H23NO2.